The molecule has 1 aromatic rings. The fourth-order valence-electron chi connectivity index (χ4n) is 2.32. The van der Waals surface area contributed by atoms with Crippen LogP contribution >= 0.6 is 0 Å². The summed E-state index contributed by atoms with van der Waals surface area (Å²) in [5.74, 6) is 1.48. The van der Waals surface area contributed by atoms with Crippen LogP contribution in [0.25, 0.3) is 0 Å². The molecule has 5 nitrogen and oxygen atoms in total. The van der Waals surface area contributed by atoms with E-state index in [1.54, 1.807) is 7.11 Å². The molecule has 5 heteroatoms. The lowest BCUT2D eigenvalue weighted by Gasteiger charge is -2.26. The summed E-state index contributed by atoms with van der Waals surface area (Å²) in [4.78, 5) is 6.42. The minimum absolute atomic E-state index is 0.185. The van der Waals surface area contributed by atoms with E-state index in [1.165, 1.54) is 5.56 Å². The molecule has 0 amide bonds. The number of guanidine groups is 1. The maximum absolute atomic E-state index is 5.94. The third kappa shape index (κ3) is 3.42. The second-order valence-electron chi connectivity index (χ2n) is 5.14. The molecule has 2 N–H and O–H groups in total. The van der Waals surface area contributed by atoms with Crippen LogP contribution in [0.1, 0.15) is 25.5 Å². The van der Waals surface area contributed by atoms with Gasteiger partial charge in [-0.3, -0.25) is 4.99 Å². The molecule has 1 unspecified atom stereocenters. The van der Waals surface area contributed by atoms with Gasteiger partial charge in [-0.1, -0.05) is 12.1 Å². The van der Waals surface area contributed by atoms with Gasteiger partial charge in [0.2, 0.25) is 0 Å². The van der Waals surface area contributed by atoms with Crippen LogP contribution in [0, 0.1) is 0 Å². The van der Waals surface area contributed by atoms with E-state index < -0.39 is 0 Å². The van der Waals surface area contributed by atoms with Gasteiger partial charge in [0.1, 0.15) is 5.75 Å². The van der Waals surface area contributed by atoms with Gasteiger partial charge in [-0.2, -0.15) is 0 Å². The second-order valence-corrected chi connectivity index (χ2v) is 5.14. The highest BCUT2D eigenvalue weighted by Crippen LogP contribution is 2.27. The Balaban J connectivity index is 2.06. The lowest BCUT2D eigenvalue weighted by Crippen LogP contribution is -2.38. The first-order valence-corrected chi connectivity index (χ1v) is 6.94. The van der Waals surface area contributed by atoms with Crippen molar-refractivity contribution in [3.8, 4) is 5.75 Å². The molecule has 1 aromatic carbocycles. The van der Waals surface area contributed by atoms with Gasteiger partial charge < -0.3 is 20.1 Å². The highest BCUT2D eigenvalue weighted by atomic mass is 16.5. The molecule has 2 rings (SSSR count). The average Bonchev–Trinajstić information content (AvgIpc) is 2.78. The second kappa shape index (κ2) is 6.61. The summed E-state index contributed by atoms with van der Waals surface area (Å²) in [5.41, 5.74) is 7.13. The van der Waals surface area contributed by atoms with E-state index in [9.17, 15) is 0 Å². The first kappa shape index (κ1) is 14.7. The fourth-order valence-corrected chi connectivity index (χ4v) is 2.32. The summed E-state index contributed by atoms with van der Waals surface area (Å²) in [6.07, 6.45) is 0.185. The number of benzene rings is 1. The van der Waals surface area contributed by atoms with Crippen molar-refractivity contribution in [2.45, 2.75) is 26.0 Å². The smallest absolute Gasteiger partial charge is 0.192 e. The molecule has 0 aliphatic carbocycles. The number of rotatable bonds is 6. The summed E-state index contributed by atoms with van der Waals surface area (Å²) in [5, 5.41) is 0. The third-order valence-electron chi connectivity index (χ3n) is 3.27. The van der Waals surface area contributed by atoms with Crippen LogP contribution in [0.15, 0.2) is 29.3 Å². The number of ether oxygens (including phenoxy) is 2. The lowest BCUT2D eigenvalue weighted by atomic mass is 10.1. The van der Waals surface area contributed by atoms with Crippen LogP contribution in [0.5, 0.6) is 5.75 Å². The van der Waals surface area contributed by atoms with Crippen LogP contribution in [0.2, 0.25) is 0 Å². The minimum Gasteiger partial charge on any atom is -0.491 e. The molecule has 1 atom stereocenters. The van der Waals surface area contributed by atoms with E-state index in [4.69, 9.17) is 15.2 Å². The molecule has 0 bridgehead atoms. The van der Waals surface area contributed by atoms with Crippen molar-refractivity contribution < 1.29 is 9.47 Å². The van der Waals surface area contributed by atoms with E-state index in [0.29, 0.717) is 19.1 Å². The Labute approximate surface area is 120 Å². The average molecular weight is 277 g/mol. The van der Waals surface area contributed by atoms with Crippen LogP contribution in [0.3, 0.4) is 0 Å². The standard InChI is InChI=1S/C15H23N3O2/c1-11(2)20-13-6-4-12(5-7-13)14-10-17-15(16)18(14)8-9-19-3/h4-7,11,14H,8-10H2,1-3H3,(H2,16,17). The van der Waals surface area contributed by atoms with Crippen molar-refractivity contribution in [3.63, 3.8) is 0 Å². The van der Waals surface area contributed by atoms with Crippen LogP contribution in [0.4, 0.5) is 0 Å². The predicted octanol–water partition coefficient (Wildman–Crippen LogP) is 1.79. The Bertz CT molecular complexity index is 457. The summed E-state index contributed by atoms with van der Waals surface area (Å²) >= 11 is 0. The Hall–Kier alpha value is -1.75. The summed E-state index contributed by atoms with van der Waals surface area (Å²) in [6.45, 7) is 6.12. The molecule has 0 radical (unpaired) electrons. The molecule has 1 heterocycles. The molecule has 1 aliphatic rings. The van der Waals surface area contributed by atoms with E-state index in [0.717, 1.165) is 12.3 Å². The van der Waals surface area contributed by atoms with Crippen molar-refractivity contribution in [2.75, 3.05) is 26.8 Å². The van der Waals surface area contributed by atoms with Crippen molar-refractivity contribution in [2.24, 2.45) is 10.7 Å². The first-order chi connectivity index (χ1) is 9.61. The number of hydrogen-bond donors (Lipinski definition) is 1. The SMILES string of the molecule is COCCN1C(N)=NCC1c1ccc(OC(C)C)cc1. The van der Waals surface area contributed by atoms with Crippen LogP contribution in [-0.2, 0) is 4.74 Å². The highest BCUT2D eigenvalue weighted by Gasteiger charge is 2.26. The Kier molecular flexibility index (Phi) is 4.84. The van der Waals surface area contributed by atoms with Gasteiger partial charge in [0.25, 0.3) is 0 Å². The molecule has 0 aromatic heterocycles. The minimum atomic E-state index is 0.185. The molecule has 0 saturated carbocycles. The molecule has 0 fully saturated rings. The van der Waals surface area contributed by atoms with Gasteiger partial charge in [-0.25, -0.2) is 0 Å². The third-order valence-corrected chi connectivity index (χ3v) is 3.27. The van der Waals surface area contributed by atoms with E-state index in [1.807, 2.05) is 26.0 Å². The molecule has 20 heavy (non-hydrogen) atoms. The van der Waals surface area contributed by atoms with Crippen LogP contribution in [-0.4, -0.2) is 43.8 Å². The number of methoxy groups -OCH3 is 1. The van der Waals surface area contributed by atoms with Gasteiger partial charge in [-0.15, -0.1) is 0 Å². The zero-order valence-electron chi connectivity index (χ0n) is 12.4. The normalized spacial score (nSPS) is 18.5. The molecular formula is C15H23N3O2. The quantitative estimate of drug-likeness (QED) is 0.861. The molecule has 1 aliphatic heterocycles. The zero-order chi connectivity index (χ0) is 14.5. The Morgan fingerprint density at radius 1 is 1.35 bits per heavy atom. The van der Waals surface area contributed by atoms with Gasteiger partial charge in [0.15, 0.2) is 5.96 Å². The van der Waals surface area contributed by atoms with Crippen molar-refractivity contribution in [1.29, 1.82) is 0 Å². The fraction of sp³-hybridized carbons (Fsp3) is 0.533. The maximum Gasteiger partial charge on any atom is 0.192 e. The number of hydrogen-bond acceptors (Lipinski definition) is 5. The number of nitrogens with two attached hydrogens (primary N) is 1. The van der Waals surface area contributed by atoms with E-state index >= 15 is 0 Å². The first-order valence-electron chi connectivity index (χ1n) is 6.94. The van der Waals surface area contributed by atoms with Crippen molar-refractivity contribution in [1.82, 2.24) is 4.90 Å². The predicted molar refractivity (Wildman–Crippen MR) is 80.0 cm³/mol. The number of nitrogens with zero attached hydrogens (tertiary/aromatic N) is 2. The molecule has 0 saturated heterocycles. The highest BCUT2D eigenvalue weighted by molar-refractivity contribution is 5.80. The van der Waals surface area contributed by atoms with Crippen LogP contribution < -0.4 is 10.5 Å². The summed E-state index contributed by atoms with van der Waals surface area (Å²) in [6, 6.07) is 8.35. The summed E-state index contributed by atoms with van der Waals surface area (Å²) < 4.78 is 10.8. The topological polar surface area (TPSA) is 60.1 Å². The van der Waals surface area contributed by atoms with Crippen molar-refractivity contribution >= 4 is 5.96 Å². The Morgan fingerprint density at radius 3 is 2.65 bits per heavy atom. The van der Waals surface area contributed by atoms with Gasteiger partial charge in [0.05, 0.1) is 25.3 Å². The lowest BCUT2D eigenvalue weighted by molar-refractivity contribution is 0.166. The zero-order valence-corrected chi connectivity index (χ0v) is 12.4. The van der Waals surface area contributed by atoms with Crippen molar-refractivity contribution in [3.05, 3.63) is 29.8 Å². The maximum atomic E-state index is 5.94. The Morgan fingerprint density at radius 2 is 2.05 bits per heavy atom. The monoisotopic (exact) mass is 277 g/mol. The molecule has 0 spiro atoms. The van der Waals surface area contributed by atoms with Gasteiger partial charge in [-0.05, 0) is 31.5 Å². The molecule has 110 valence electrons. The van der Waals surface area contributed by atoms with E-state index in [2.05, 4.69) is 22.0 Å². The largest absolute Gasteiger partial charge is 0.491 e. The summed E-state index contributed by atoms with van der Waals surface area (Å²) in [7, 11) is 1.69. The number of aliphatic imine (C=N–C) groups is 1. The molecular weight excluding hydrogens is 254 g/mol. The van der Waals surface area contributed by atoms with Gasteiger partial charge >= 0.3 is 0 Å². The van der Waals surface area contributed by atoms with Gasteiger partial charge in [0, 0.05) is 13.7 Å². The van der Waals surface area contributed by atoms with E-state index in [-0.39, 0.29) is 12.1 Å².